The van der Waals surface area contributed by atoms with Gasteiger partial charge < -0.3 is 15.5 Å². The fraction of sp³-hybridized carbons (Fsp3) is 0.600. The molecule has 7 atom stereocenters. The SMILES string of the molecule is CN1C(=O)CC[C@]2(C)[C@H]3CC[C@]4(C)[C@@H](C5(NC=O)Cc6cccc(c6)Nc6cccc(c6)C5)CC[C@H]4[C@@H]3CC[C@@H]12. The topological polar surface area (TPSA) is 61.4 Å². The quantitative estimate of drug-likeness (QED) is 0.438. The van der Waals surface area contributed by atoms with Crippen molar-refractivity contribution >= 4 is 23.7 Å². The van der Waals surface area contributed by atoms with Gasteiger partial charge in [0.25, 0.3) is 0 Å². The number of amides is 2. The Morgan fingerprint density at radius 1 is 0.875 bits per heavy atom. The van der Waals surface area contributed by atoms with E-state index in [-0.39, 0.29) is 16.4 Å². The van der Waals surface area contributed by atoms with E-state index < -0.39 is 0 Å². The van der Waals surface area contributed by atoms with E-state index >= 15 is 0 Å². The lowest BCUT2D eigenvalue weighted by atomic mass is 9.46. The standard InChI is InChI=1S/C35H45N3O2/c1-33-16-14-29-27(10-13-31-34(29,2)17-15-32(40)38(31)3)28(33)11-12-30(33)35(36-22-39)20-23-6-4-8-25(18-23)37-26-9-5-7-24(19-26)21-35/h4-9,18-19,22,27-31,37H,10-17,20-21H2,1-3H3,(H,36,39)/t27-,28-,29-,30-,31+,33-,34+/m0/s1. The number of benzene rings is 2. The van der Waals surface area contributed by atoms with Gasteiger partial charge in [0.1, 0.15) is 0 Å². The molecule has 4 bridgehead atoms. The fourth-order valence-corrected chi connectivity index (χ4v) is 11.1. The minimum Gasteiger partial charge on any atom is -0.356 e. The van der Waals surface area contributed by atoms with E-state index in [0.717, 1.165) is 49.4 Å². The predicted octanol–water partition coefficient (Wildman–Crippen LogP) is 6.49. The van der Waals surface area contributed by atoms with Crippen molar-refractivity contribution in [3.8, 4) is 0 Å². The van der Waals surface area contributed by atoms with Crippen molar-refractivity contribution < 1.29 is 9.59 Å². The van der Waals surface area contributed by atoms with Crippen molar-refractivity contribution in [1.82, 2.24) is 10.2 Å². The number of carbonyl (C=O) groups is 2. The third-order valence-electron chi connectivity index (χ3n) is 12.8. The Labute approximate surface area is 239 Å². The first kappa shape index (κ1) is 26.1. The van der Waals surface area contributed by atoms with Gasteiger partial charge in [0.05, 0.1) is 5.54 Å². The zero-order valence-electron chi connectivity index (χ0n) is 24.4. The maximum atomic E-state index is 12.6. The summed E-state index contributed by atoms with van der Waals surface area (Å²) in [6.07, 6.45) is 11.7. The lowest BCUT2D eigenvalue weighted by molar-refractivity contribution is -0.159. The minimum atomic E-state index is -0.328. The van der Waals surface area contributed by atoms with E-state index in [2.05, 4.69) is 85.0 Å². The van der Waals surface area contributed by atoms with Crippen LogP contribution in [-0.4, -0.2) is 35.8 Å². The van der Waals surface area contributed by atoms with E-state index in [9.17, 15) is 9.59 Å². The summed E-state index contributed by atoms with van der Waals surface area (Å²) in [4.78, 5) is 27.1. The van der Waals surface area contributed by atoms with Crippen LogP contribution >= 0.6 is 0 Å². The average Bonchev–Trinajstić information content (AvgIpc) is 3.29. The molecule has 2 aromatic rings. The van der Waals surface area contributed by atoms with Gasteiger partial charge in [0.15, 0.2) is 0 Å². The Kier molecular flexibility index (Phi) is 6.11. The predicted molar refractivity (Wildman–Crippen MR) is 159 cm³/mol. The molecule has 0 unspecified atom stereocenters. The number of likely N-dealkylation sites (tertiary alicyclic amines) is 1. The summed E-state index contributed by atoms with van der Waals surface area (Å²) >= 11 is 0. The molecule has 212 valence electrons. The average molecular weight is 540 g/mol. The van der Waals surface area contributed by atoms with Crippen molar-refractivity contribution in [2.75, 3.05) is 12.4 Å². The van der Waals surface area contributed by atoms with Crippen LogP contribution in [0.15, 0.2) is 48.5 Å². The molecule has 0 spiro atoms. The number of nitrogens with one attached hydrogen (secondary N) is 2. The summed E-state index contributed by atoms with van der Waals surface area (Å²) in [5, 5.41) is 7.11. The van der Waals surface area contributed by atoms with Crippen LogP contribution in [-0.2, 0) is 22.4 Å². The smallest absolute Gasteiger partial charge is 0.222 e. The number of hydrogen-bond donors (Lipinski definition) is 2. The summed E-state index contributed by atoms with van der Waals surface area (Å²) in [6, 6.07) is 18.0. The first-order chi connectivity index (χ1) is 19.3. The molecule has 2 heterocycles. The van der Waals surface area contributed by atoms with E-state index in [0.29, 0.717) is 36.1 Å². The van der Waals surface area contributed by atoms with E-state index in [1.807, 2.05) is 0 Å². The van der Waals surface area contributed by atoms with Crippen LogP contribution in [0.5, 0.6) is 0 Å². The third-order valence-corrected chi connectivity index (χ3v) is 12.8. The van der Waals surface area contributed by atoms with Crippen molar-refractivity contribution in [3.05, 3.63) is 59.7 Å². The van der Waals surface area contributed by atoms with Gasteiger partial charge in [-0.1, -0.05) is 38.1 Å². The molecular formula is C35H45N3O2. The van der Waals surface area contributed by atoms with E-state index in [4.69, 9.17) is 0 Å². The van der Waals surface area contributed by atoms with Crippen LogP contribution in [0, 0.1) is 34.5 Å². The molecule has 2 aromatic carbocycles. The summed E-state index contributed by atoms with van der Waals surface area (Å²) in [5.74, 6) is 2.84. The molecule has 2 N–H and O–H groups in total. The Morgan fingerprint density at radius 2 is 1.55 bits per heavy atom. The Morgan fingerprint density at radius 3 is 2.23 bits per heavy atom. The van der Waals surface area contributed by atoms with Crippen LogP contribution < -0.4 is 10.6 Å². The largest absolute Gasteiger partial charge is 0.356 e. The Bertz CT molecular complexity index is 1280. The summed E-state index contributed by atoms with van der Waals surface area (Å²) in [7, 11) is 2.05. The van der Waals surface area contributed by atoms with Gasteiger partial charge >= 0.3 is 0 Å². The molecule has 5 heteroatoms. The molecule has 5 aliphatic rings. The maximum absolute atomic E-state index is 12.6. The molecule has 4 fully saturated rings. The van der Waals surface area contributed by atoms with Crippen LogP contribution in [0.3, 0.4) is 0 Å². The second kappa shape index (κ2) is 9.36. The lowest BCUT2D eigenvalue weighted by Crippen LogP contribution is -2.63. The van der Waals surface area contributed by atoms with E-state index in [1.165, 1.54) is 43.2 Å². The normalized spacial score (nSPS) is 37.8. The summed E-state index contributed by atoms with van der Waals surface area (Å²) in [6.45, 7) is 5.09. The minimum absolute atomic E-state index is 0.189. The molecule has 1 saturated heterocycles. The van der Waals surface area contributed by atoms with Crippen molar-refractivity contribution in [3.63, 3.8) is 0 Å². The number of fused-ring (bicyclic) bond motifs is 9. The van der Waals surface area contributed by atoms with Crippen LogP contribution in [0.1, 0.15) is 76.3 Å². The highest BCUT2D eigenvalue weighted by molar-refractivity contribution is 5.77. The summed E-state index contributed by atoms with van der Waals surface area (Å²) < 4.78 is 0. The molecule has 40 heavy (non-hydrogen) atoms. The Balaban J connectivity index is 1.26. The number of anilines is 2. The summed E-state index contributed by atoms with van der Waals surface area (Å²) in [5.41, 5.74) is 4.87. The number of nitrogens with zero attached hydrogens (tertiary/aromatic N) is 1. The molecule has 2 amide bonds. The zero-order valence-corrected chi connectivity index (χ0v) is 24.4. The molecule has 3 saturated carbocycles. The van der Waals surface area contributed by atoms with E-state index in [1.54, 1.807) is 0 Å². The second-order valence-electron chi connectivity index (χ2n) is 14.5. The van der Waals surface area contributed by atoms with Crippen LogP contribution in [0.2, 0.25) is 0 Å². The second-order valence-corrected chi connectivity index (χ2v) is 14.5. The fourth-order valence-electron chi connectivity index (χ4n) is 11.1. The first-order valence-corrected chi connectivity index (χ1v) is 15.7. The van der Waals surface area contributed by atoms with Crippen molar-refractivity contribution in [2.45, 2.75) is 89.6 Å². The molecule has 0 aromatic heterocycles. The molecular weight excluding hydrogens is 494 g/mol. The lowest BCUT2D eigenvalue weighted by Gasteiger charge is -2.62. The van der Waals surface area contributed by atoms with Gasteiger partial charge in [0, 0.05) is 30.9 Å². The highest BCUT2D eigenvalue weighted by atomic mass is 16.2. The highest BCUT2D eigenvalue weighted by Crippen LogP contribution is 2.67. The third kappa shape index (κ3) is 3.86. The molecule has 2 aliphatic heterocycles. The van der Waals surface area contributed by atoms with Gasteiger partial charge in [-0.25, -0.2) is 0 Å². The highest BCUT2D eigenvalue weighted by Gasteiger charge is 2.64. The molecule has 0 radical (unpaired) electrons. The first-order valence-electron chi connectivity index (χ1n) is 15.7. The van der Waals surface area contributed by atoms with Gasteiger partial charge in [-0.2, -0.15) is 0 Å². The molecule has 7 rings (SSSR count). The zero-order chi connectivity index (χ0) is 27.7. The van der Waals surface area contributed by atoms with Gasteiger partial charge in [-0.05, 0) is 128 Å². The maximum Gasteiger partial charge on any atom is 0.222 e. The Hall–Kier alpha value is -2.82. The molecule has 3 aliphatic carbocycles. The number of carbonyl (C=O) groups excluding carboxylic acids is 2. The molecule has 5 nitrogen and oxygen atoms in total. The monoisotopic (exact) mass is 539 g/mol. The van der Waals surface area contributed by atoms with Crippen LogP contribution in [0.25, 0.3) is 0 Å². The van der Waals surface area contributed by atoms with Crippen LogP contribution in [0.4, 0.5) is 11.4 Å². The van der Waals surface area contributed by atoms with Gasteiger partial charge in [0.2, 0.25) is 12.3 Å². The van der Waals surface area contributed by atoms with Crippen molar-refractivity contribution in [1.29, 1.82) is 0 Å². The number of piperidine rings is 1. The number of rotatable bonds is 3. The van der Waals surface area contributed by atoms with Gasteiger partial charge in [-0.3, -0.25) is 9.59 Å². The number of hydrogen-bond acceptors (Lipinski definition) is 3. The van der Waals surface area contributed by atoms with Gasteiger partial charge in [-0.15, -0.1) is 0 Å². The van der Waals surface area contributed by atoms with Crippen molar-refractivity contribution in [2.24, 2.45) is 34.5 Å².